The predicted molar refractivity (Wildman–Crippen MR) is 118 cm³/mol. The molecule has 1 aliphatic rings. The summed E-state index contributed by atoms with van der Waals surface area (Å²) in [6, 6.07) is 13.4. The quantitative estimate of drug-likeness (QED) is 0.695. The Bertz CT molecular complexity index is 1150. The Morgan fingerprint density at radius 1 is 1.03 bits per heavy atom. The minimum Gasteiger partial charge on any atom is -0.497 e. The number of hydrogen-bond acceptors (Lipinski definition) is 4. The van der Waals surface area contributed by atoms with Gasteiger partial charge in [-0.3, -0.25) is 4.31 Å². The normalized spacial score (nSPS) is 16.6. The van der Waals surface area contributed by atoms with Crippen LogP contribution >= 0.6 is 0 Å². The second-order valence-electron chi connectivity index (χ2n) is 7.01. The molecule has 0 amide bonds. The van der Waals surface area contributed by atoms with Gasteiger partial charge in [-0.2, -0.15) is 12.7 Å². The molecule has 0 unspecified atom stereocenters. The first-order valence-electron chi connectivity index (χ1n) is 9.76. The molecule has 8 heteroatoms. The van der Waals surface area contributed by atoms with Crippen molar-refractivity contribution in [2.75, 3.05) is 36.8 Å². The number of rotatable bonds is 5. The molecule has 2 N–H and O–H groups in total. The monoisotopic (exact) mass is 414 g/mol. The van der Waals surface area contributed by atoms with E-state index in [0.717, 1.165) is 34.5 Å². The van der Waals surface area contributed by atoms with E-state index in [-0.39, 0.29) is 0 Å². The van der Waals surface area contributed by atoms with Gasteiger partial charge in [-0.15, -0.1) is 0 Å². The number of nitrogen functional groups attached to an aromatic ring is 1. The minimum absolute atomic E-state index is 0.465. The van der Waals surface area contributed by atoms with Crippen molar-refractivity contribution in [2.45, 2.75) is 20.4 Å². The summed E-state index contributed by atoms with van der Waals surface area (Å²) in [7, 11) is -1.79. The van der Waals surface area contributed by atoms with Crippen LogP contribution in [0.4, 0.5) is 11.4 Å². The zero-order valence-corrected chi connectivity index (χ0v) is 17.7. The molecule has 1 saturated heterocycles. The average molecular weight is 415 g/mol. The fraction of sp³-hybridized carbons (Fsp3) is 0.333. The summed E-state index contributed by atoms with van der Waals surface area (Å²) in [6.07, 6.45) is 0. The predicted octanol–water partition coefficient (Wildman–Crippen LogP) is 3.31. The Morgan fingerprint density at radius 2 is 1.76 bits per heavy atom. The van der Waals surface area contributed by atoms with Crippen LogP contribution in [0.1, 0.15) is 13.8 Å². The number of aromatic nitrogens is 1. The van der Waals surface area contributed by atoms with E-state index in [0.29, 0.717) is 31.0 Å². The molecule has 1 aliphatic heterocycles. The van der Waals surface area contributed by atoms with Crippen molar-refractivity contribution in [3.05, 3.63) is 42.5 Å². The van der Waals surface area contributed by atoms with Gasteiger partial charge in [0.25, 0.3) is 0 Å². The largest absolute Gasteiger partial charge is 0.497 e. The van der Waals surface area contributed by atoms with E-state index < -0.39 is 10.2 Å². The minimum atomic E-state index is -3.43. The molecule has 0 saturated carbocycles. The lowest BCUT2D eigenvalue weighted by Crippen LogP contribution is -2.32. The van der Waals surface area contributed by atoms with Crippen LogP contribution in [0.2, 0.25) is 0 Å². The molecule has 154 valence electrons. The van der Waals surface area contributed by atoms with E-state index in [2.05, 4.69) is 11.5 Å². The maximum absolute atomic E-state index is 12.6. The van der Waals surface area contributed by atoms with Crippen molar-refractivity contribution < 1.29 is 13.2 Å². The van der Waals surface area contributed by atoms with Crippen LogP contribution in [0.3, 0.4) is 0 Å². The smallest absolute Gasteiger partial charge is 0.304 e. The van der Waals surface area contributed by atoms with Gasteiger partial charge in [0.15, 0.2) is 0 Å². The highest BCUT2D eigenvalue weighted by Crippen LogP contribution is 2.38. The van der Waals surface area contributed by atoms with Crippen LogP contribution in [-0.2, 0) is 16.8 Å². The van der Waals surface area contributed by atoms with E-state index >= 15 is 0 Å². The molecule has 1 aromatic heterocycles. The molecule has 0 radical (unpaired) electrons. The highest BCUT2D eigenvalue weighted by atomic mass is 32.2. The Kier molecular flexibility index (Phi) is 4.92. The number of ether oxygens (including phenoxy) is 1. The second kappa shape index (κ2) is 7.27. The Labute approximate surface area is 171 Å². The molecule has 0 spiro atoms. The molecule has 7 nitrogen and oxygen atoms in total. The summed E-state index contributed by atoms with van der Waals surface area (Å²) >= 11 is 0. The standard InChI is InChI=1S/C21H26N4O3S/c1-4-23-12-13-25(29(23,26)27)16-8-6-15(7-9-16)21-20(22)18-11-10-17(28-3)14-19(18)24(21)5-2/h6-11,14H,4-5,12-13,22H2,1-3H3. The van der Waals surface area contributed by atoms with Crippen LogP contribution in [0.25, 0.3) is 22.2 Å². The van der Waals surface area contributed by atoms with Gasteiger partial charge in [-0.1, -0.05) is 19.1 Å². The summed E-state index contributed by atoms with van der Waals surface area (Å²) in [4.78, 5) is 0. The number of hydrogen-bond donors (Lipinski definition) is 1. The van der Waals surface area contributed by atoms with Crippen molar-refractivity contribution in [1.82, 2.24) is 8.87 Å². The first-order valence-corrected chi connectivity index (χ1v) is 11.2. The topological polar surface area (TPSA) is 80.8 Å². The van der Waals surface area contributed by atoms with Crippen LogP contribution < -0.4 is 14.8 Å². The van der Waals surface area contributed by atoms with Crippen LogP contribution in [0, 0.1) is 0 Å². The molecule has 0 atom stereocenters. The van der Waals surface area contributed by atoms with Crippen molar-refractivity contribution >= 4 is 32.5 Å². The Morgan fingerprint density at radius 3 is 2.34 bits per heavy atom. The third-order valence-corrected chi connectivity index (χ3v) is 7.61. The van der Waals surface area contributed by atoms with E-state index in [1.807, 2.05) is 49.4 Å². The van der Waals surface area contributed by atoms with Crippen LogP contribution in [-0.4, -0.2) is 44.0 Å². The number of nitrogens with two attached hydrogens (primary N) is 1. The lowest BCUT2D eigenvalue weighted by atomic mass is 10.1. The highest BCUT2D eigenvalue weighted by molar-refractivity contribution is 7.90. The molecule has 3 aromatic rings. The number of fused-ring (bicyclic) bond motifs is 1. The Hall–Kier alpha value is -2.71. The highest BCUT2D eigenvalue weighted by Gasteiger charge is 2.35. The van der Waals surface area contributed by atoms with Crippen LogP contribution in [0.15, 0.2) is 42.5 Å². The number of anilines is 2. The maximum atomic E-state index is 12.6. The van der Waals surface area contributed by atoms with Gasteiger partial charge in [0, 0.05) is 43.2 Å². The summed E-state index contributed by atoms with van der Waals surface area (Å²) in [5, 5.41) is 0.979. The number of benzene rings is 2. The molecule has 2 heterocycles. The average Bonchev–Trinajstić information content (AvgIpc) is 3.19. The third kappa shape index (κ3) is 3.03. The second-order valence-corrected chi connectivity index (χ2v) is 8.86. The number of aryl methyl sites for hydroxylation is 1. The summed E-state index contributed by atoms with van der Waals surface area (Å²) < 4.78 is 35.7. The van der Waals surface area contributed by atoms with E-state index in [4.69, 9.17) is 10.5 Å². The summed E-state index contributed by atoms with van der Waals surface area (Å²) in [5.41, 5.74) is 10.8. The molecular formula is C21H26N4O3S. The fourth-order valence-electron chi connectivity index (χ4n) is 4.06. The molecular weight excluding hydrogens is 388 g/mol. The SMILES string of the molecule is CCN1CCN(c2ccc(-c3c(N)c4ccc(OC)cc4n3CC)cc2)S1(=O)=O. The van der Waals surface area contributed by atoms with Gasteiger partial charge in [-0.25, -0.2) is 0 Å². The molecule has 1 fully saturated rings. The summed E-state index contributed by atoms with van der Waals surface area (Å²) in [5.74, 6) is 0.784. The molecule has 4 rings (SSSR count). The van der Waals surface area contributed by atoms with Gasteiger partial charge in [0.2, 0.25) is 0 Å². The maximum Gasteiger partial charge on any atom is 0.304 e. The molecule has 29 heavy (non-hydrogen) atoms. The number of likely N-dealkylation sites (N-methyl/N-ethyl adjacent to an activating group) is 1. The van der Waals surface area contributed by atoms with Crippen molar-refractivity contribution in [3.8, 4) is 17.0 Å². The Balaban J connectivity index is 1.77. The fourth-order valence-corrected chi connectivity index (χ4v) is 5.68. The first-order chi connectivity index (χ1) is 13.9. The van der Waals surface area contributed by atoms with Gasteiger partial charge >= 0.3 is 10.2 Å². The van der Waals surface area contributed by atoms with Crippen molar-refractivity contribution in [3.63, 3.8) is 0 Å². The van der Waals surface area contributed by atoms with E-state index in [1.165, 1.54) is 8.61 Å². The lowest BCUT2D eigenvalue weighted by molar-refractivity contribution is 0.415. The van der Waals surface area contributed by atoms with Gasteiger partial charge < -0.3 is 15.0 Å². The number of methoxy groups -OCH3 is 1. The first kappa shape index (κ1) is 19.6. The molecule has 2 aromatic carbocycles. The molecule has 0 bridgehead atoms. The van der Waals surface area contributed by atoms with Gasteiger partial charge in [-0.05, 0) is 31.2 Å². The van der Waals surface area contributed by atoms with Crippen molar-refractivity contribution in [2.24, 2.45) is 0 Å². The zero-order valence-electron chi connectivity index (χ0n) is 16.9. The van der Waals surface area contributed by atoms with E-state index in [9.17, 15) is 8.42 Å². The van der Waals surface area contributed by atoms with Gasteiger partial charge in [0.1, 0.15) is 5.75 Å². The van der Waals surface area contributed by atoms with Crippen LogP contribution in [0.5, 0.6) is 5.75 Å². The van der Waals surface area contributed by atoms with Crippen molar-refractivity contribution in [1.29, 1.82) is 0 Å². The third-order valence-electron chi connectivity index (χ3n) is 5.57. The number of nitrogens with zero attached hydrogens (tertiary/aromatic N) is 3. The van der Waals surface area contributed by atoms with E-state index in [1.54, 1.807) is 7.11 Å². The van der Waals surface area contributed by atoms with Gasteiger partial charge in [0.05, 0.1) is 29.7 Å². The molecule has 0 aliphatic carbocycles. The zero-order chi connectivity index (χ0) is 20.8. The lowest BCUT2D eigenvalue weighted by Gasteiger charge is -2.19. The summed E-state index contributed by atoms with van der Waals surface area (Å²) in [6.45, 7) is 6.14.